The van der Waals surface area contributed by atoms with E-state index >= 15 is 0 Å². The van der Waals surface area contributed by atoms with E-state index in [4.69, 9.17) is 69.6 Å². The molecule has 4 nitrogen and oxygen atoms in total. The zero-order chi connectivity index (χ0) is 26.8. The van der Waals surface area contributed by atoms with Gasteiger partial charge in [0.2, 0.25) is 0 Å². The Morgan fingerprint density at radius 1 is 0.595 bits per heavy atom. The molecular formula is C24H14Br2Cl6N4S. The van der Waals surface area contributed by atoms with E-state index in [0.717, 1.165) is 8.95 Å². The van der Waals surface area contributed by atoms with Crippen LogP contribution in [0.2, 0.25) is 0 Å². The summed E-state index contributed by atoms with van der Waals surface area (Å²) < 4.78 is 1.83. The lowest BCUT2D eigenvalue weighted by Gasteiger charge is -2.36. The molecule has 2 aromatic rings. The number of benzene rings is 2. The molecule has 2 aliphatic carbocycles. The zero-order valence-corrected chi connectivity index (χ0v) is 26.8. The second kappa shape index (κ2) is 12.4. The van der Waals surface area contributed by atoms with E-state index in [1.807, 2.05) is 24.3 Å². The van der Waals surface area contributed by atoms with Gasteiger partial charge in [-0.3, -0.25) is 0 Å². The number of nitrogens with zero attached hydrogens (tertiary/aromatic N) is 4. The number of rotatable bonds is 6. The van der Waals surface area contributed by atoms with Gasteiger partial charge in [-0.15, -0.1) is 11.8 Å². The highest BCUT2D eigenvalue weighted by atomic mass is 79.9. The Kier molecular flexibility index (Phi) is 9.96. The van der Waals surface area contributed by atoms with Gasteiger partial charge in [-0.1, -0.05) is 101 Å². The van der Waals surface area contributed by atoms with Gasteiger partial charge in [0, 0.05) is 8.95 Å². The fourth-order valence-corrected chi connectivity index (χ4v) is 6.89. The molecule has 0 radical (unpaired) electrons. The molecule has 13 heteroatoms. The normalized spacial score (nSPS) is 28.2. The van der Waals surface area contributed by atoms with Crippen molar-refractivity contribution in [1.82, 2.24) is 0 Å². The first-order valence-corrected chi connectivity index (χ1v) is 15.2. The van der Waals surface area contributed by atoms with Crippen molar-refractivity contribution in [2.24, 2.45) is 20.5 Å². The maximum atomic E-state index is 7.00. The molecule has 0 heterocycles. The molecule has 4 unspecified atom stereocenters. The summed E-state index contributed by atoms with van der Waals surface area (Å²) in [6.45, 7) is 0. The van der Waals surface area contributed by atoms with Crippen molar-refractivity contribution in [2.45, 2.75) is 20.5 Å². The summed E-state index contributed by atoms with van der Waals surface area (Å²) in [5, 5.41) is 17.5. The highest BCUT2D eigenvalue weighted by molar-refractivity contribution is 9.10. The lowest BCUT2D eigenvalue weighted by Crippen LogP contribution is -2.38. The Balaban J connectivity index is 1.66. The van der Waals surface area contributed by atoms with Gasteiger partial charge >= 0.3 is 0 Å². The Hall–Kier alpha value is -0.350. The number of hydrogen-bond acceptors (Lipinski definition) is 5. The van der Waals surface area contributed by atoms with Crippen molar-refractivity contribution in [3.8, 4) is 0 Å². The lowest BCUT2D eigenvalue weighted by molar-refractivity contribution is 0.686. The fraction of sp³-hybridized carbons (Fsp3) is 0.167. The van der Waals surface area contributed by atoms with Crippen LogP contribution in [0.25, 0.3) is 0 Å². The van der Waals surface area contributed by atoms with Crippen molar-refractivity contribution < 1.29 is 0 Å². The van der Waals surface area contributed by atoms with Crippen LogP contribution < -0.4 is 0 Å². The van der Waals surface area contributed by atoms with Crippen molar-refractivity contribution in [1.29, 1.82) is 0 Å². The summed E-state index contributed by atoms with van der Waals surface area (Å²) >= 11 is 47.5. The van der Waals surface area contributed by atoms with Gasteiger partial charge in [0.05, 0.1) is 42.0 Å². The number of hydrogen-bond donors (Lipinski definition) is 0. The summed E-state index contributed by atoms with van der Waals surface area (Å²) in [7, 11) is 0. The molecule has 2 aliphatic rings. The van der Waals surface area contributed by atoms with E-state index in [2.05, 4.69) is 52.3 Å². The number of allylic oxidation sites excluding steroid dienone is 4. The standard InChI is InChI=1S/C24H14Br2Cl6N4S/c25-13-1-5-15(6-2-13)33-35-23(31)11-19(29)17(27)9-21(23)37-22-10-18(28)20(30)12-24(22,32)36-34-16-7-3-14(26)4-8-16/h1-12,21-22H. The van der Waals surface area contributed by atoms with Crippen molar-refractivity contribution in [3.63, 3.8) is 0 Å². The number of azo groups is 2. The summed E-state index contributed by atoms with van der Waals surface area (Å²) in [6.07, 6.45) is 6.50. The predicted molar refractivity (Wildman–Crippen MR) is 165 cm³/mol. The second-order valence-corrected chi connectivity index (χ2v) is 13.8. The smallest absolute Gasteiger partial charge is 0.160 e. The van der Waals surface area contributed by atoms with Crippen LogP contribution >= 0.6 is 113 Å². The molecule has 4 atom stereocenters. The van der Waals surface area contributed by atoms with E-state index in [1.165, 1.54) is 11.8 Å². The highest BCUT2D eigenvalue weighted by Gasteiger charge is 2.46. The summed E-state index contributed by atoms with van der Waals surface area (Å²) in [5.74, 6) is 0. The third-order valence-corrected chi connectivity index (χ3v) is 10.3. The summed E-state index contributed by atoms with van der Waals surface area (Å²) in [5.41, 5.74) is 1.23. The Labute approximate surface area is 265 Å². The van der Waals surface area contributed by atoms with E-state index in [1.54, 1.807) is 48.6 Å². The average Bonchev–Trinajstić information content (AvgIpc) is 2.85. The summed E-state index contributed by atoms with van der Waals surface area (Å²) in [4.78, 5) is -2.75. The molecule has 0 saturated carbocycles. The van der Waals surface area contributed by atoms with E-state index < -0.39 is 20.5 Å². The first-order chi connectivity index (χ1) is 17.5. The monoisotopic (exact) mass is 758 g/mol. The minimum atomic E-state index is -1.38. The largest absolute Gasteiger partial charge is 0.190 e. The van der Waals surface area contributed by atoms with Gasteiger partial charge in [0.1, 0.15) is 0 Å². The third kappa shape index (κ3) is 7.44. The van der Waals surface area contributed by atoms with Crippen LogP contribution in [0, 0.1) is 0 Å². The fourth-order valence-electron chi connectivity index (χ4n) is 3.20. The predicted octanol–water partition coefficient (Wildman–Crippen LogP) is 11.9. The molecule has 37 heavy (non-hydrogen) atoms. The number of halogens is 8. The molecule has 0 amide bonds. The number of thioether (sulfide) groups is 1. The van der Waals surface area contributed by atoms with Crippen LogP contribution in [0.15, 0.2) is 122 Å². The van der Waals surface area contributed by atoms with Gasteiger partial charge in [0.25, 0.3) is 0 Å². The molecule has 0 bridgehead atoms. The topological polar surface area (TPSA) is 49.4 Å². The number of alkyl halides is 2. The molecular weight excluding hydrogens is 749 g/mol. The minimum Gasteiger partial charge on any atom is -0.160 e. The second-order valence-electron chi connectivity index (χ2n) is 7.80. The first-order valence-electron chi connectivity index (χ1n) is 10.4. The van der Waals surface area contributed by atoms with Gasteiger partial charge in [-0.2, -0.15) is 20.5 Å². The van der Waals surface area contributed by atoms with Crippen LogP contribution in [-0.4, -0.2) is 20.5 Å². The van der Waals surface area contributed by atoms with Crippen LogP contribution in [0.1, 0.15) is 0 Å². The van der Waals surface area contributed by atoms with Crippen LogP contribution in [0.5, 0.6) is 0 Å². The molecule has 192 valence electrons. The SMILES string of the molecule is ClC1=CC(SC2C=C(Cl)C(Cl)=CC2(Cl)N=Nc2ccc(Br)cc2)C(Cl)(N=Nc2ccc(Br)cc2)C=C1Cl. The maximum absolute atomic E-state index is 7.00. The molecule has 0 aromatic heterocycles. The molecule has 0 saturated heterocycles. The van der Waals surface area contributed by atoms with Crippen molar-refractivity contribution in [3.05, 3.63) is 102 Å². The van der Waals surface area contributed by atoms with Gasteiger partial charge in [-0.05, 0) is 72.8 Å². The molecule has 0 N–H and O–H groups in total. The lowest BCUT2D eigenvalue weighted by atomic mass is 10.1. The van der Waals surface area contributed by atoms with Crippen LogP contribution in [0.3, 0.4) is 0 Å². The Morgan fingerprint density at radius 3 is 1.30 bits per heavy atom. The van der Waals surface area contributed by atoms with Crippen LogP contribution in [0.4, 0.5) is 11.4 Å². The first kappa shape index (κ1) is 29.6. The Bertz CT molecular complexity index is 1260. The van der Waals surface area contributed by atoms with Crippen molar-refractivity contribution >= 4 is 125 Å². The van der Waals surface area contributed by atoms with E-state index in [0.29, 0.717) is 21.4 Å². The average molecular weight is 763 g/mol. The van der Waals surface area contributed by atoms with Crippen molar-refractivity contribution in [2.75, 3.05) is 0 Å². The molecule has 4 rings (SSSR count). The zero-order valence-electron chi connectivity index (χ0n) is 18.3. The minimum absolute atomic E-state index is 0.260. The maximum Gasteiger partial charge on any atom is 0.190 e. The quantitative estimate of drug-likeness (QED) is 0.164. The Morgan fingerprint density at radius 2 is 0.946 bits per heavy atom. The van der Waals surface area contributed by atoms with E-state index in [9.17, 15) is 0 Å². The molecule has 0 aliphatic heterocycles. The van der Waals surface area contributed by atoms with Crippen LogP contribution in [-0.2, 0) is 0 Å². The third-order valence-electron chi connectivity index (χ3n) is 5.09. The molecule has 0 spiro atoms. The van der Waals surface area contributed by atoms with Gasteiger partial charge in [0.15, 0.2) is 10.00 Å². The van der Waals surface area contributed by atoms with Gasteiger partial charge in [-0.25, -0.2) is 0 Å². The van der Waals surface area contributed by atoms with Gasteiger partial charge < -0.3 is 0 Å². The highest BCUT2D eigenvalue weighted by Crippen LogP contribution is 2.50. The molecule has 0 fully saturated rings. The molecule has 2 aromatic carbocycles. The van der Waals surface area contributed by atoms with E-state index in [-0.39, 0.29) is 10.1 Å². The summed E-state index contributed by atoms with van der Waals surface area (Å²) in [6, 6.07) is 14.6.